The fourth-order valence-electron chi connectivity index (χ4n) is 3.64. The Morgan fingerprint density at radius 3 is 2.44 bits per heavy atom. The van der Waals surface area contributed by atoms with E-state index in [1.54, 1.807) is 0 Å². The maximum atomic E-state index is 12.2. The van der Waals surface area contributed by atoms with Crippen LogP contribution in [0.2, 0.25) is 0 Å². The maximum absolute atomic E-state index is 12.2. The topological polar surface area (TPSA) is 55.1 Å². The zero-order valence-electron chi connectivity index (χ0n) is 11.8. The first kappa shape index (κ1) is 13.9. The van der Waals surface area contributed by atoms with E-state index in [2.05, 4.69) is 19.2 Å². The highest BCUT2D eigenvalue weighted by atomic mass is 16.1. The number of amides is 1. The highest BCUT2D eigenvalue weighted by Crippen LogP contribution is 2.31. The Kier molecular flexibility index (Phi) is 4.66. The molecule has 0 radical (unpaired) electrons. The zero-order valence-corrected chi connectivity index (χ0v) is 11.8. The molecule has 5 atom stereocenters. The van der Waals surface area contributed by atoms with Gasteiger partial charge in [0.1, 0.15) is 0 Å². The number of hydrogen-bond donors (Lipinski definition) is 2. The highest BCUT2D eigenvalue weighted by molar-refractivity contribution is 5.79. The molecule has 18 heavy (non-hydrogen) atoms. The van der Waals surface area contributed by atoms with Crippen molar-refractivity contribution in [1.82, 2.24) is 5.32 Å². The van der Waals surface area contributed by atoms with Crippen molar-refractivity contribution in [3.63, 3.8) is 0 Å². The summed E-state index contributed by atoms with van der Waals surface area (Å²) in [6, 6.07) is 0.0553. The molecule has 3 N–H and O–H groups in total. The quantitative estimate of drug-likeness (QED) is 0.810. The molecule has 0 bridgehead atoms. The van der Waals surface area contributed by atoms with Crippen LogP contribution in [-0.2, 0) is 4.79 Å². The van der Waals surface area contributed by atoms with Gasteiger partial charge in [0.05, 0.1) is 5.92 Å². The Hall–Kier alpha value is -0.570. The maximum Gasteiger partial charge on any atom is 0.224 e. The molecule has 2 aliphatic carbocycles. The fraction of sp³-hybridized carbons (Fsp3) is 0.933. The molecule has 2 aliphatic rings. The van der Waals surface area contributed by atoms with Crippen LogP contribution in [0.25, 0.3) is 0 Å². The minimum absolute atomic E-state index is 0.0467. The molecular weight excluding hydrogens is 224 g/mol. The van der Waals surface area contributed by atoms with Crippen LogP contribution in [0.4, 0.5) is 0 Å². The molecule has 3 nitrogen and oxygen atoms in total. The molecule has 0 aromatic carbocycles. The van der Waals surface area contributed by atoms with Gasteiger partial charge in [0.2, 0.25) is 5.91 Å². The average Bonchev–Trinajstić information content (AvgIpc) is 2.75. The van der Waals surface area contributed by atoms with E-state index in [-0.39, 0.29) is 17.9 Å². The summed E-state index contributed by atoms with van der Waals surface area (Å²) in [7, 11) is 0. The number of hydrogen-bond acceptors (Lipinski definition) is 2. The SMILES string of the molecule is CC1CCCC1CNC(=O)C1CCCC(C)C1N. The van der Waals surface area contributed by atoms with Gasteiger partial charge in [-0.05, 0) is 37.0 Å². The Morgan fingerprint density at radius 2 is 1.78 bits per heavy atom. The summed E-state index contributed by atoms with van der Waals surface area (Å²) in [4.78, 5) is 12.2. The second kappa shape index (κ2) is 6.05. The largest absolute Gasteiger partial charge is 0.356 e. The summed E-state index contributed by atoms with van der Waals surface area (Å²) < 4.78 is 0. The van der Waals surface area contributed by atoms with Crippen molar-refractivity contribution in [3.05, 3.63) is 0 Å². The molecule has 2 rings (SSSR count). The molecule has 0 aromatic heterocycles. The monoisotopic (exact) mass is 252 g/mol. The predicted octanol–water partition coefficient (Wildman–Crippen LogP) is 2.30. The van der Waals surface area contributed by atoms with E-state index in [1.165, 1.54) is 25.7 Å². The molecule has 5 unspecified atom stereocenters. The molecular formula is C15H28N2O. The van der Waals surface area contributed by atoms with E-state index >= 15 is 0 Å². The van der Waals surface area contributed by atoms with Gasteiger partial charge in [0.25, 0.3) is 0 Å². The Bertz CT molecular complexity index is 292. The normalized spacial score (nSPS) is 40.7. The van der Waals surface area contributed by atoms with Gasteiger partial charge in [0, 0.05) is 12.6 Å². The van der Waals surface area contributed by atoms with Gasteiger partial charge in [-0.25, -0.2) is 0 Å². The van der Waals surface area contributed by atoms with Gasteiger partial charge in [0.15, 0.2) is 0 Å². The number of nitrogens with one attached hydrogen (secondary N) is 1. The molecule has 104 valence electrons. The van der Waals surface area contributed by atoms with Crippen LogP contribution in [0.15, 0.2) is 0 Å². The van der Waals surface area contributed by atoms with Crippen LogP contribution >= 0.6 is 0 Å². The lowest BCUT2D eigenvalue weighted by Crippen LogP contribution is -2.48. The van der Waals surface area contributed by atoms with Crippen molar-refractivity contribution in [1.29, 1.82) is 0 Å². The van der Waals surface area contributed by atoms with Gasteiger partial charge in [-0.1, -0.05) is 33.1 Å². The van der Waals surface area contributed by atoms with Gasteiger partial charge >= 0.3 is 0 Å². The summed E-state index contributed by atoms with van der Waals surface area (Å²) in [6.07, 6.45) is 7.20. The predicted molar refractivity (Wildman–Crippen MR) is 74.0 cm³/mol. The third kappa shape index (κ3) is 3.05. The Balaban J connectivity index is 1.80. The third-order valence-corrected chi connectivity index (χ3v) is 5.21. The van der Waals surface area contributed by atoms with E-state index in [0.29, 0.717) is 11.8 Å². The Labute approximate surface area is 111 Å². The van der Waals surface area contributed by atoms with Gasteiger partial charge in [-0.2, -0.15) is 0 Å². The summed E-state index contributed by atoms with van der Waals surface area (Å²) in [5, 5.41) is 3.16. The average molecular weight is 252 g/mol. The van der Waals surface area contributed by atoms with Gasteiger partial charge in [-0.15, -0.1) is 0 Å². The summed E-state index contributed by atoms with van der Waals surface area (Å²) >= 11 is 0. The zero-order chi connectivity index (χ0) is 13.1. The van der Waals surface area contributed by atoms with E-state index in [9.17, 15) is 4.79 Å². The first-order valence-electron chi connectivity index (χ1n) is 7.63. The number of nitrogens with two attached hydrogens (primary N) is 1. The van der Waals surface area contributed by atoms with Crippen molar-refractivity contribution < 1.29 is 4.79 Å². The third-order valence-electron chi connectivity index (χ3n) is 5.21. The minimum atomic E-state index is 0.0467. The lowest BCUT2D eigenvalue weighted by atomic mass is 9.78. The van der Waals surface area contributed by atoms with Crippen LogP contribution in [0.5, 0.6) is 0 Å². The minimum Gasteiger partial charge on any atom is -0.356 e. The molecule has 3 heteroatoms. The summed E-state index contributed by atoms with van der Waals surface area (Å²) in [5.41, 5.74) is 6.17. The summed E-state index contributed by atoms with van der Waals surface area (Å²) in [5.74, 6) is 2.19. The second-order valence-electron chi connectivity index (χ2n) is 6.51. The van der Waals surface area contributed by atoms with E-state index < -0.39 is 0 Å². The van der Waals surface area contributed by atoms with Crippen LogP contribution in [0.3, 0.4) is 0 Å². The van der Waals surface area contributed by atoms with E-state index in [4.69, 9.17) is 5.73 Å². The first-order valence-corrected chi connectivity index (χ1v) is 7.63. The fourth-order valence-corrected chi connectivity index (χ4v) is 3.64. The lowest BCUT2D eigenvalue weighted by Gasteiger charge is -2.33. The van der Waals surface area contributed by atoms with Gasteiger partial charge < -0.3 is 11.1 Å². The van der Waals surface area contributed by atoms with E-state index in [0.717, 1.165) is 25.3 Å². The van der Waals surface area contributed by atoms with Crippen molar-refractivity contribution >= 4 is 5.91 Å². The van der Waals surface area contributed by atoms with Crippen LogP contribution in [0.1, 0.15) is 52.4 Å². The van der Waals surface area contributed by atoms with Crippen molar-refractivity contribution in [3.8, 4) is 0 Å². The standard InChI is InChI=1S/C15H28N2O/c1-10-5-3-7-12(10)9-17-15(18)13-8-4-6-11(2)14(13)16/h10-14H,3-9,16H2,1-2H3,(H,17,18). The second-order valence-corrected chi connectivity index (χ2v) is 6.51. The molecule has 2 saturated carbocycles. The molecule has 2 fully saturated rings. The van der Waals surface area contributed by atoms with Crippen LogP contribution in [0, 0.1) is 23.7 Å². The van der Waals surface area contributed by atoms with Crippen LogP contribution < -0.4 is 11.1 Å². The highest BCUT2D eigenvalue weighted by Gasteiger charge is 2.33. The molecule has 1 amide bonds. The summed E-state index contributed by atoms with van der Waals surface area (Å²) in [6.45, 7) is 5.33. The first-order chi connectivity index (χ1) is 8.59. The molecule has 0 spiro atoms. The number of rotatable bonds is 3. The molecule has 0 aromatic rings. The van der Waals surface area contributed by atoms with Crippen molar-refractivity contribution in [2.45, 2.75) is 58.4 Å². The smallest absolute Gasteiger partial charge is 0.224 e. The van der Waals surface area contributed by atoms with Crippen LogP contribution in [-0.4, -0.2) is 18.5 Å². The van der Waals surface area contributed by atoms with E-state index in [1.807, 2.05) is 0 Å². The number of carbonyl (C=O) groups excluding carboxylic acids is 1. The lowest BCUT2D eigenvalue weighted by molar-refractivity contribution is -0.127. The Morgan fingerprint density at radius 1 is 1.11 bits per heavy atom. The molecule has 0 saturated heterocycles. The van der Waals surface area contributed by atoms with Crippen molar-refractivity contribution in [2.75, 3.05) is 6.54 Å². The van der Waals surface area contributed by atoms with Gasteiger partial charge in [-0.3, -0.25) is 4.79 Å². The number of carbonyl (C=O) groups is 1. The van der Waals surface area contributed by atoms with Crippen molar-refractivity contribution in [2.24, 2.45) is 29.4 Å². The molecule has 0 heterocycles. The molecule has 0 aliphatic heterocycles.